The number of aromatic carboxylic acids is 1. The molecule has 4 atom stereocenters. The summed E-state index contributed by atoms with van der Waals surface area (Å²) in [6.45, 7) is 0. The summed E-state index contributed by atoms with van der Waals surface area (Å²) in [4.78, 5) is 57.4. The summed E-state index contributed by atoms with van der Waals surface area (Å²) in [6, 6.07) is 42.8. The average Bonchev–Trinajstić information content (AvgIpc) is 3.40. The highest BCUT2D eigenvalue weighted by Gasteiger charge is 2.26. The molecule has 4 unspecified atom stereocenters. The number of phenols is 1. The Morgan fingerprint density at radius 2 is 1.07 bits per heavy atom. The number of nitrogens with one attached hydrogen (secondary N) is 2. The zero-order chi connectivity index (χ0) is 54.6. The fourth-order valence-electron chi connectivity index (χ4n) is 5.38. The lowest BCUT2D eigenvalue weighted by Crippen LogP contribution is -2.37. The third-order valence-corrected chi connectivity index (χ3v) is 9.16. The van der Waals surface area contributed by atoms with Crippen LogP contribution >= 0.6 is 0 Å². The van der Waals surface area contributed by atoms with Gasteiger partial charge in [-0.3, -0.25) is 19.7 Å². The Labute approximate surface area is 418 Å². The molecular formula is C51H65N9O12. The first kappa shape index (κ1) is 63.0. The van der Waals surface area contributed by atoms with E-state index in [-0.39, 0.29) is 28.4 Å². The van der Waals surface area contributed by atoms with Crippen LogP contribution in [-0.4, -0.2) is 110 Å². The number of likely N-dealkylation sites (N-methyl/N-ethyl adjacent to an activating group) is 2. The monoisotopic (exact) mass is 995 g/mol. The summed E-state index contributed by atoms with van der Waals surface area (Å²) in [5, 5.41) is 51.8. The highest BCUT2D eigenvalue weighted by atomic mass is 16.6. The van der Waals surface area contributed by atoms with Gasteiger partial charge < -0.3 is 79.0 Å². The van der Waals surface area contributed by atoms with Gasteiger partial charge in [-0.25, -0.2) is 4.79 Å². The number of nitro benzene ring substituents is 1. The van der Waals surface area contributed by atoms with Crippen molar-refractivity contribution in [1.82, 2.24) is 10.6 Å². The van der Waals surface area contributed by atoms with Crippen LogP contribution in [0.4, 0.5) is 28.4 Å². The molecule has 0 spiro atoms. The molecule has 0 bridgehead atoms. The Morgan fingerprint density at radius 3 is 1.44 bits per heavy atom. The first-order chi connectivity index (χ1) is 34.4. The number of ether oxygens (including phenoxy) is 2. The van der Waals surface area contributed by atoms with Gasteiger partial charge in [-0.05, 0) is 78.8 Å². The Morgan fingerprint density at radius 1 is 0.639 bits per heavy atom. The van der Waals surface area contributed by atoms with Crippen LogP contribution in [0.5, 0.6) is 17.2 Å². The summed E-state index contributed by atoms with van der Waals surface area (Å²) in [6.07, 6.45) is -0.296. The van der Waals surface area contributed by atoms with Crippen molar-refractivity contribution in [2.45, 2.75) is 24.0 Å². The van der Waals surface area contributed by atoms with Gasteiger partial charge in [0.2, 0.25) is 11.8 Å². The number of methoxy groups -OCH3 is 2. The largest absolute Gasteiger partial charge is 0.506 e. The van der Waals surface area contributed by atoms with Gasteiger partial charge in [0, 0.05) is 56.6 Å². The molecule has 0 aliphatic rings. The number of aliphatic imine (C=N–C) groups is 1. The molecule has 2 amide bonds. The van der Waals surface area contributed by atoms with E-state index in [9.17, 15) is 39.5 Å². The molecule has 0 radical (unpaired) electrons. The number of nitrogens with two attached hydrogens (primary N) is 5. The van der Waals surface area contributed by atoms with Gasteiger partial charge in [0.25, 0.3) is 5.69 Å². The van der Waals surface area contributed by atoms with Crippen LogP contribution in [-0.2, 0) is 14.4 Å². The molecule has 21 heteroatoms. The molecule has 0 saturated carbocycles. The van der Waals surface area contributed by atoms with Crippen molar-refractivity contribution in [1.29, 1.82) is 0 Å². The zero-order valence-electron chi connectivity index (χ0n) is 40.7. The molecular weight excluding hydrogens is 931 g/mol. The van der Waals surface area contributed by atoms with Crippen molar-refractivity contribution >= 4 is 58.7 Å². The maximum atomic E-state index is 11.4. The van der Waals surface area contributed by atoms with E-state index >= 15 is 0 Å². The van der Waals surface area contributed by atoms with E-state index < -0.39 is 46.8 Å². The fraction of sp³-hybridized carbons (Fsp3) is 0.196. The number of nitrogens with zero attached hydrogens (tertiary/aromatic N) is 2. The van der Waals surface area contributed by atoms with Crippen LogP contribution in [0.25, 0.3) is 0 Å². The number of nitrogen functional groups attached to an aromatic ring is 4. The minimum absolute atomic E-state index is 0.0131. The molecule has 0 aliphatic heterocycles. The van der Waals surface area contributed by atoms with Crippen LogP contribution in [0.15, 0.2) is 157 Å². The quantitative estimate of drug-likeness (QED) is 0.0199. The second kappa shape index (κ2) is 36.0. The van der Waals surface area contributed by atoms with Crippen molar-refractivity contribution in [3.63, 3.8) is 0 Å². The molecule has 6 aromatic rings. The molecule has 21 nitrogen and oxygen atoms in total. The number of aliphatic hydroxyl groups is 2. The van der Waals surface area contributed by atoms with Gasteiger partial charge in [0.15, 0.2) is 0 Å². The number of non-ortho nitro benzene ring substituents is 1. The second-order valence-corrected chi connectivity index (χ2v) is 14.0. The smallest absolute Gasteiger partial charge is 0.337 e. The number of benzene rings is 6. The van der Waals surface area contributed by atoms with Gasteiger partial charge in [-0.1, -0.05) is 78.9 Å². The van der Waals surface area contributed by atoms with E-state index in [2.05, 4.69) is 21.4 Å². The lowest BCUT2D eigenvalue weighted by molar-refractivity contribution is -0.384. The summed E-state index contributed by atoms with van der Waals surface area (Å²) < 4.78 is 9.75. The highest BCUT2D eigenvalue weighted by Crippen LogP contribution is 2.24. The number of rotatable bonds is 12. The zero-order valence-corrected chi connectivity index (χ0v) is 40.7. The van der Waals surface area contributed by atoms with Crippen LogP contribution < -0.4 is 48.8 Å². The number of hydrogen-bond acceptors (Lipinski definition) is 17. The van der Waals surface area contributed by atoms with Gasteiger partial charge in [0.1, 0.15) is 35.7 Å². The molecule has 16 N–H and O–H groups in total. The maximum absolute atomic E-state index is 11.4. The molecule has 6 rings (SSSR count). The molecule has 0 saturated heterocycles. The van der Waals surface area contributed by atoms with Gasteiger partial charge in [-0.15, -0.1) is 0 Å². The van der Waals surface area contributed by atoms with E-state index in [4.69, 9.17) is 42.6 Å². The molecule has 386 valence electrons. The Hall–Kier alpha value is -9.05. The van der Waals surface area contributed by atoms with Crippen LogP contribution in [0.3, 0.4) is 0 Å². The lowest BCUT2D eigenvalue weighted by Gasteiger charge is -2.18. The number of anilines is 4. The molecule has 0 aromatic heterocycles. The number of aldehydes is 1. The Balaban J connectivity index is 0.000000848. The van der Waals surface area contributed by atoms with Crippen LogP contribution in [0.1, 0.15) is 33.3 Å². The maximum Gasteiger partial charge on any atom is 0.337 e. The van der Waals surface area contributed by atoms with Crippen LogP contribution in [0.2, 0.25) is 0 Å². The van der Waals surface area contributed by atoms with Crippen molar-refractivity contribution in [2.24, 2.45) is 10.7 Å². The van der Waals surface area contributed by atoms with Gasteiger partial charge >= 0.3 is 5.97 Å². The topological polar surface area (TPSA) is 377 Å². The molecule has 0 fully saturated rings. The first-order valence-corrected chi connectivity index (χ1v) is 21.3. The third-order valence-electron chi connectivity index (χ3n) is 9.16. The van der Waals surface area contributed by atoms with Gasteiger partial charge in [-0.2, -0.15) is 0 Å². The number of hydrogen-bond donors (Lipinski definition) is 11. The number of aliphatic hydroxyl groups excluding tert-OH is 2. The van der Waals surface area contributed by atoms with Crippen molar-refractivity contribution in [2.75, 3.05) is 65.3 Å². The second-order valence-electron chi connectivity index (χ2n) is 14.0. The van der Waals surface area contributed by atoms with E-state index in [0.29, 0.717) is 17.6 Å². The SMILES string of the molecule is CN.CN=CC(c1ccccc1)C(O)C(=O)NC.CNC(=O)C(O)C(C=O)c1ccccc1.COc1ccc(N)c(C(=O)O)c1.COc1ccc(N)cc1.Nc1cc([N+](=O)[O-])ccc1O.Nc1ccccc1. The van der Waals surface area contributed by atoms with E-state index in [1.807, 2.05) is 72.8 Å². The van der Waals surface area contributed by atoms with Crippen LogP contribution in [0, 0.1) is 10.1 Å². The Bertz CT molecular complexity index is 2520. The summed E-state index contributed by atoms with van der Waals surface area (Å²) >= 11 is 0. The number of para-hydroxylation sites is 1. The first-order valence-electron chi connectivity index (χ1n) is 21.3. The van der Waals surface area contributed by atoms with Crippen molar-refractivity contribution < 1.29 is 54.0 Å². The average molecular weight is 996 g/mol. The fourth-order valence-corrected chi connectivity index (χ4v) is 5.38. The van der Waals surface area contributed by atoms with E-state index in [0.717, 1.165) is 28.8 Å². The third kappa shape index (κ3) is 23.8. The van der Waals surface area contributed by atoms with Gasteiger partial charge in [0.05, 0.1) is 42.2 Å². The number of phenolic OH excluding ortho intramolecular Hbond substituents is 1. The van der Waals surface area contributed by atoms with E-state index in [1.165, 1.54) is 52.5 Å². The molecule has 0 aliphatic carbocycles. The minimum Gasteiger partial charge on any atom is -0.506 e. The van der Waals surface area contributed by atoms with Crippen molar-refractivity contribution in [3.05, 3.63) is 178 Å². The molecule has 72 heavy (non-hydrogen) atoms. The summed E-state index contributed by atoms with van der Waals surface area (Å²) in [5.41, 5.74) is 29.2. The number of carboxylic acids is 1. The number of carbonyl (C=O) groups is 4. The highest BCUT2D eigenvalue weighted by molar-refractivity contribution is 5.94. The minimum atomic E-state index is -1.34. The number of nitro groups is 1. The Kier molecular flexibility index (Phi) is 31.5. The summed E-state index contributed by atoms with van der Waals surface area (Å²) in [5.74, 6) is -2.06. The van der Waals surface area contributed by atoms with E-state index in [1.54, 1.807) is 68.9 Å². The normalized spacial score (nSPS) is 11.2. The van der Waals surface area contributed by atoms with Crippen molar-refractivity contribution in [3.8, 4) is 17.2 Å². The number of carboxylic acid groups (broad SMARTS) is 1. The standard InChI is InChI=1S/C12H16N2O2.C11H13NO3.C8H9NO3.C7H9NO.C6H6N2O3.C6H7N.CH5N/c1-13-8-10(11(15)12(16)14-2)9-6-4-3-5-7-9;1-12-11(15)10(14)9(7-13)8-5-3-2-4-6-8;1-12-5-2-3-7(9)6(4-5)8(10)11;1-9-7-4-2-6(8)3-5-7;7-5-3-4(8(10)11)1-2-6(5)9;7-6-4-2-1-3-5-6;1-2/h3-8,10-11,15H,1-2H3,(H,14,16);2-7,9-10,14H,1H3,(H,12,15);2-4H,9H2,1H3,(H,10,11);2-5H,8H2,1H3;1-3,9H,7H2;1-5H,7H2;2H2,1H3. The number of amides is 2. The molecule has 0 heterocycles. The predicted octanol–water partition coefficient (Wildman–Crippen LogP) is 4.63. The number of carbonyl (C=O) groups excluding carboxylic acids is 3. The lowest BCUT2D eigenvalue weighted by atomic mass is 9.94. The number of aromatic hydroxyl groups is 1. The molecule has 6 aromatic carbocycles. The predicted molar refractivity (Wildman–Crippen MR) is 281 cm³/mol. The summed E-state index contributed by atoms with van der Waals surface area (Å²) in [7, 11) is 9.13.